The highest BCUT2D eigenvalue weighted by atomic mass is 32.1. The van der Waals surface area contributed by atoms with Crippen LogP contribution in [0.3, 0.4) is 0 Å². The van der Waals surface area contributed by atoms with Gasteiger partial charge in [-0.15, -0.1) is 11.3 Å². The summed E-state index contributed by atoms with van der Waals surface area (Å²) in [5.74, 6) is 0.582. The molecule has 0 amide bonds. The van der Waals surface area contributed by atoms with Crippen molar-refractivity contribution in [2.45, 2.75) is 13.5 Å². The van der Waals surface area contributed by atoms with Gasteiger partial charge in [-0.25, -0.2) is 4.98 Å². The van der Waals surface area contributed by atoms with Crippen LogP contribution in [0.25, 0.3) is 11.0 Å². The van der Waals surface area contributed by atoms with E-state index in [0.717, 1.165) is 17.6 Å². The molecular weight excluding hydrogens is 230 g/mol. The van der Waals surface area contributed by atoms with Crippen LogP contribution in [0.5, 0.6) is 0 Å². The number of rotatable bonds is 2. The highest BCUT2D eigenvalue weighted by molar-refractivity contribution is 7.10. The van der Waals surface area contributed by atoms with Crippen LogP contribution in [0.15, 0.2) is 35.7 Å². The Kier molecular flexibility index (Phi) is 2.37. The summed E-state index contributed by atoms with van der Waals surface area (Å²) >= 11 is 1.76. The minimum absolute atomic E-state index is 0.582. The number of benzene rings is 1. The fourth-order valence-corrected chi connectivity index (χ4v) is 2.86. The van der Waals surface area contributed by atoms with Crippen LogP contribution in [0, 0.1) is 6.92 Å². The van der Waals surface area contributed by atoms with E-state index < -0.39 is 0 Å². The fourth-order valence-electron chi connectivity index (χ4n) is 1.97. The smallest absolute Gasteiger partial charge is 0.201 e. The summed E-state index contributed by atoms with van der Waals surface area (Å²) in [5.41, 5.74) is 9.34. The maximum atomic E-state index is 5.98. The van der Waals surface area contributed by atoms with Gasteiger partial charge >= 0.3 is 0 Å². The summed E-state index contributed by atoms with van der Waals surface area (Å²) in [4.78, 5) is 5.70. The Morgan fingerprint density at radius 3 is 2.88 bits per heavy atom. The molecule has 2 aromatic heterocycles. The summed E-state index contributed by atoms with van der Waals surface area (Å²) in [5, 5.41) is 2.11. The zero-order valence-electron chi connectivity index (χ0n) is 9.55. The summed E-state index contributed by atoms with van der Waals surface area (Å²) in [6.45, 7) is 2.93. The van der Waals surface area contributed by atoms with Crippen LogP contribution < -0.4 is 5.73 Å². The normalized spacial score (nSPS) is 11.1. The first-order valence-electron chi connectivity index (χ1n) is 5.49. The van der Waals surface area contributed by atoms with Gasteiger partial charge in [-0.2, -0.15) is 0 Å². The molecule has 86 valence electrons. The zero-order valence-corrected chi connectivity index (χ0v) is 10.4. The van der Waals surface area contributed by atoms with E-state index in [0.29, 0.717) is 5.95 Å². The number of nitrogen functional groups attached to an aromatic ring is 1. The van der Waals surface area contributed by atoms with Gasteiger partial charge in [-0.1, -0.05) is 12.1 Å². The van der Waals surface area contributed by atoms with Crippen molar-refractivity contribution in [3.8, 4) is 0 Å². The molecule has 0 radical (unpaired) electrons. The van der Waals surface area contributed by atoms with Crippen molar-refractivity contribution in [1.82, 2.24) is 9.55 Å². The predicted octanol–water partition coefficient (Wildman–Crippen LogP) is 3.04. The SMILES string of the molecule is Cc1ccsc1Cn1c(N)nc2ccccc21. The molecule has 0 fully saturated rings. The number of nitrogens with zero attached hydrogens (tertiary/aromatic N) is 2. The Bertz CT molecular complexity index is 666. The van der Waals surface area contributed by atoms with E-state index in [1.807, 2.05) is 18.2 Å². The van der Waals surface area contributed by atoms with Crippen molar-refractivity contribution >= 4 is 28.3 Å². The second-order valence-corrected chi connectivity index (χ2v) is 5.07. The van der Waals surface area contributed by atoms with Crippen molar-refractivity contribution in [2.75, 3.05) is 5.73 Å². The standard InChI is InChI=1S/C13H13N3S/c1-9-6-7-17-12(9)8-16-11-5-3-2-4-10(11)15-13(16)14/h2-7H,8H2,1H3,(H2,14,15). The molecule has 0 aliphatic rings. The predicted molar refractivity (Wildman–Crippen MR) is 72.3 cm³/mol. The molecule has 2 N–H and O–H groups in total. The summed E-state index contributed by atoms with van der Waals surface area (Å²) in [6, 6.07) is 10.2. The Balaban J connectivity index is 2.11. The third kappa shape index (κ3) is 1.70. The minimum atomic E-state index is 0.582. The number of imidazole rings is 1. The second-order valence-electron chi connectivity index (χ2n) is 4.07. The molecule has 0 aliphatic heterocycles. The largest absolute Gasteiger partial charge is 0.369 e. The number of aryl methyl sites for hydroxylation is 1. The first-order valence-corrected chi connectivity index (χ1v) is 6.37. The van der Waals surface area contributed by atoms with Gasteiger partial charge in [0.25, 0.3) is 0 Å². The van der Waals surface area contributed by atoms with Crippen LogP contribution in [-0.2, 0) is 6.54 Å². The molecule has 0 aliphatic carbocycles. The van der Waals surface area contributed by atoms with Gasteiger partial charge in [-0.05, 0) is 36.1 Å². The quantitative estimate of drug-likeness (QED) is 0.751. The number of nitrogens with two attached hydrogens (primary N) is 1. The van der Waals surface area contributed by atoms with Crippen molar-refractivity contribution in [3.05, 3.63) is 46.2 Å². The minimum Gasteiger partial charge on any atom is -0.369 e. The molecule has 3 rings (SSSR count). The topological polar surface area (TPSA) is 43.8 Å². The lowest BCUT2D eigenvalue weighted by Gasteiger charge is -2.05. The molecule has 2 heterocycles. The summed E-state index contributed by atoms with van der Waals surface area (Å²) in [7, 11) is 0. The maximum Gasteiger partial charge on any atom is 0.201 e. The van der Waals surface area contributed by atoms with Crippen LogP contribution in [0.4, 0.5) is 5.95 Å². The third-order valence-corrected chi connectivity index (χ3v) is 3.96. The van der Waals surface area contributed by atoms with Crippen molar-refractivity contribution < 1.29 is 0 Å². The van der Waals surface area contributed by atoms with Gasteiger partial charge < -0.3 is 10.3 Å². The van der Waals surface area contributed by atoms with Crippen LogP contribution in [0.2, 0.25) is 0 Å². The van der Waals surface area contributed by atoms with Crippen LogP contribution >= 0.6 is 11.3 Å². The molecule has 3 aromatic rings. The molecule has 0 saturated heterocycles. The lowest BCUT2D eigenvalue weighted by atomic mass is 10.3. The first kappa shape index (κ1) is 10.4. The third-order valence-electron chi connectivity index (χ3n) is 2.95. The lowest BCUT2D eigenvalue weighted by Crippen LogP contribution is -2.04. The fraction of sp³-hybridized carbons (Fsp3) is 0.154. The van der Waals surface area contributed by atoms with E-state index in [-0.39, 0.29) is 0 Å². The van der Waals surface area contributed by atoms with Gasteiger partial charge in [0.1, 0.15) is 0 Å². The van der Waals surface area contributed by atoms with Crippen molar-refractivity contribution in [1.29, 1.82) is 0 Å². The van der Waals surface area contributed by atoms with E-state index in [1.165, 1.54) is 10.4 Å². The molecule has 0 unspecified atom stereocenters. The van der Waals surface area contributed by atoms with Gasteiger partial charge in [0, 0.05) is 4.88 Å². The zero-order chi connectivity index (χ0) is 11.8. The number of thiophene rings is 1. The number of anilines is 1. The molecule has 0 bridgehead atoms. The highest BCUT2D eigenvalue weighted by Gasteiger charge is 2.09. The van der Waals surface area contributed by atoms with Gasteiger partial charge in [0.15, 0.2) is 0 Å². The van der Waals surface area contributed by atoms with E-state index >= 15 is 0 Å². The van der Waals surface area contributed by atoms with Gasteiger partial charge in [-0.3, -0.25) is 0 Å². The molecule has 17 heavy (non-hydrogen) atoms. The number of hydrogen-bond acceptors (Lipinski definition) is 3. The summed E-state index contributed by atoms with van der Waals surface area (Å²) in [6.07, 6.45) is 0. The van der Waals surface area contributed by atoms with Gasteiger partial charge in [0.2, 0.25) is 5.95 Å². The Hall–Kier alpha value is -1.81. The number of para-hydroxylation sites is 2. The molecule has 4 heteroatoms. The molecule has 0 spiro atoms. The van der Waals surface area contributed by atoms with E-state index in [1.54, 1.807) is 11.3 Å². The van der Waals surface area contributed by atoms with Crippen molar-refractivity contribution in [2.24, 2.45) is 0 Å². The van der Waals surface area contributed by atoms with Gasteiger partial charge in [0.05, 0.1) is 17.6 Å². The van der Waals surface area contributed by atoms with E-state index in [4.69, 9.17) is 5.73 Å². The Morgan fingerprint density at radius 1 is 1.29 bits per heavy atom. The number of hydrogen-bond donors (Lipinski definition) is 1. The highest BCUT2D eigenvalue weighted by Crippen LogP contribution is 2.22. The maximum absolute atomic E-state index is 5.98. The van der Waals surface area contributed by atoms with E-state index in [9.17, 15) is 0 Å². The van der Waals surface area contributed by atoms with E-state index in [2.05, 4.69) is 34.0 Å². The first-order chi connectivity index (χ1) is 8.25. The average molecular weight is 243 g/mol. The molecule has 0 atom stereocenters. The molecule has 0 saturated carbocycles. The molecular formula is C13H13N3S. The monoisotopic (exact) mass is 243 g/mol. The molecule has 1 aromatic carbocycles. The number of aromatic nitrogens is 2. The van der Waals surface area contributed by atoms with Crippen molar-refractivity contribution in [3.63, 3.8) is 0 Å². The lowest BCUT2D eigenvalue weighted by molar-refractivity contribution is 0.848. The Labute approximate surface area is 104 Å². The summed E-state index contributed by atoms with van der Waals surface area (Å²) < 4.78 is 2.06. The molecule has 3 nitrogen and oxygen atoms in total. The van der Waals surface area contributed by atoms with Crippen LogP contribution in [-0.4, -0.2) is 9.55 Å². The average Bonchev–Trinajstić information content (AvgIpc) is 2.85. The Morgan fingerprint density at radius 2 is 2.12 bits per heavy atom. The number of fused-ring (bicyclic) bond motifs is 1. The second kappa shape index (κ2) is 3.89. The van der Waals surface area contributed by atoms with Crippen LogP contribution in [0.1, 0.15) is 10.4 Å².